The Balaban J connectivity index is 1.48. The number of aliphatic hydroxyl groups is 1. The lowest BCUT2D eigenvalue weighted by molar-refractivity contribution is -0.111. The number of fused-ring (bicyclic) bond motifs is 1. The summed E-state index contributed by atoms with van der Waals surface area (Å²) in [4.78, 5) is 25.6. The number of ether oxygens (including phenoxy) is 3. The van der Waals surface area contributed by atoms with E-state index in [1.54, 1.807) is 55.7 Å². The van der Waals surface area contributed by atoms with E-state index in [0.717, 1.165) is 10.8 Å². The highest BCUT2D eigenvalue weighted by Crippen LogP contribution is 2.30. The van der Waals surface area contributed by atoms with Crippen LogP contribution in [0.4, 0.5) is 21.9 Å². The number of anilines is 3. The molecule has 0 aliphatic rings. The highest BCUT2D eigenvalue weighted by Gasteiger charge is 2.27. The van der Waals surface area contributed by atoms with Gasteiger partial charge >= 0.3 is 6.09 Å². The van der Waals surface area contributed by atoms with Crippen molar-refractivity contribution < 1.29 is 28.9 Å². The number of nitrogens with two attached hydrogens (primary N) is 1. The van der Waals surface area contributed by atoms with E-state index in [1.165, 1.54) is 6.08 Å². The van der Waals surface area contributed by atoms with Gasteiger partial charge in [-0.1, -0.05) is 66.7 Å². The molecule has 0 heterocycles. The van der Waals surface area contributed by atoms with Crippen molar-refractivity contribution in [2.45, 2.75) is 25.0 Å². The van der Waals surface area contributed by atoms with Crippen LogP contribution in [0.1, 0.15) is 24.5 Å². The number of aliphatic hydroxyl groups excluding tert-OH is 1. The molecule has 2 amide bonds. The van der Waals surface area contributed by atoms with Gasteiger partial charge < -0.3 is 30.4 Å². The molecule has 0 fully saturated rings. The number of amides is 2. The van der Waals surface area contributed by atoms with E-state index in [-0.39, 0.29) is 19.1 Å². The second-order valence-corrected chi connectivity index (χ2v) is 9.45. The molecule has 0 saturated carbocycles. The summed E-state index contributed by atoms with van der Waals surface area (Å²) in [7, 11) is 1.55. The smallest absolute Gasteiger partial charge is 0.412 e. The summed E-state index contributed by atoms with van der Waals surface area (Å²) in [5.41, 5.74) is 8.20. The van der Waals surface area contributed by atoms with Gasteiger partial charge in [0.2, 0.25) is 5.91 Å². The summed E-state index contributed by atoms with van der Waals surface area (Å²) in [6, 6.07) is 27.5. The minimum atomic E-state index is -0.797. The summed E-state index contributed by atoms with van der Waals surface area (Å²) in [5, 5.41) is 16.7. The molecule has 9 nitrogen and oxygen atoms in total. The normalized spacial score (nSPS) is 12.5. The Hall–Kier alpha value is -4.86. The van der Waals surface area contributed by atoms with E-state index in [9.17, 15) is 9.59 Å². The highest BCUT2D eigenvalue weighted by molar-refractivity contribution is 6.01. The minimum absolute atomic E-state index is 0.130. The molecule has 0 aliphatic heterocycles. The van der Waals surface area contributed by atoms with Crippen molar-refractivity contribution in [3.63, 3.8) is 0 Å². The molecule has 4 rings (SSSR count). The van der Waals surface area contributed by atoms with Crippen LogP contribution in [0.5, 0.6) is 5.75 Å². The van der Waals surface area contributed by atoms with E-state index >= 15 is 0 Å². The van der Waals surface area contributed by atoms with Gasteiger partial charge in [0.1, 0.15) is 12.4 Å². The fourth-order valence-electron chi connectivity index (χ4n) is 4.52. The maximum Gasteiger partial charge on any atom is 0.412 e. The average molecular weight is 570 g/mol. The quantitative estimate of drug-likeness (QED) is 0.113. The molecule has 0 radical (unpaired) electrons. The van der Waals surface area contributed by atoms with Crippen LogP contribution in [-0.4, -0.2) is 43.5 Å². The van der Waals surface area contributed by atoms with Crippen molar-refractivity contribution in [2.24, 2.45) is 0 Å². The Morgan fingerprint density at radius 3 is 2.48 bits per heavy atom. The molecule has 2 atom stereocenters. The van der Waals surface area contributed by atoms with Crippen molar-refractivity contribution in [2.75, 3.05) is 36.7 Å². The van der Waals surface area contributed by atoms with Gasteiger partial charge in [0, 0.05) is 12.5 Å². The first-order valence-electron chi connectivity index (χ1n) is 13.6. The third kappa shape index (κ3) is 8.33. The van der Waals surface area contributed by atoms with Crippen LogP contribution in [0.15, 0.2) is 103 Å². The molecular weight excluding hydrogens is 534 g/mol. The van der Waals surface area contributed by atoms with E-state index in [4.69, 9.17) is 25.1 Å². The molecular formula is C33H35N3O6. The van der Waals surface area contributed by atoms with E-state index < -0.39 is 18.3 Å². The number of carbonyl (C=O) groups excluding carboxylic acids is 2. The molecule has 9 heteroatoms. The predicted octanol–water partition coefficient (Wildman–Crippen LogP) is 6.07. The van der Waals surface area contributed by atoms with Crippen LogP contribution >= 0.6 is 0 Å². The zero-order valence-electron chi connectivity index (χ0n) is 23.4. The number of para-hydroxylation sites is 2. The van der Waals surface area contributed by atoms with Crippen LogP contribution in [0.25, 0.3) is 10.8 Å². The summed E-state index contributed by atoms with van der Waals surface area (Å²) < 4.78 is 17.3. The maximum absolute atomic E-state index is 13.2. The Morgan fingerprint density at radius 2 is 1.67 bits per heavy atom. The van der Waals surface area contributed by atoms with Crippen LogP contribution in [0.3, 0.4) is 0 Å². The molecule has 0 aliphatic carbocycles. The number of allylic oxidation sites excluding steroid dienone is 1. The van der Waals surface area contributed by atoms with Gasteiger partial charge in [-0.15, -0.1) is 0 Å². The van der Waals surface area contributed by atoms with Gasteiger partial charge in [-0.05, 0) is 60.2 Å². The Labute approximate surface area is 244 Å². The van der Waals surface area contributed by atoms with E-state index in [2.05, 4.69) is 10.6 Å². The number of carbonyl (C=O) groups is 2. The molecule has 4 aromatic rings. The van der Waals surface area contributed by atoms with Crippen LogP contribution in [0.2, 0.25) is 0 Å². The van der Waals surface area contributed by atoms with Crippen LogP contribution in [0, 0.1) is 0 Å². The van der Waals surface area contributed by atoms with Crippen molar-refractivity contribution in [3.8, 4) is 5.75 Å². The Morgan fingerprint density at radius 1 is 0.929 bits per heavy atom. The fourth-order valence-corrected chi connectivity index (χ4v) is 4.52. The predicted molar refractivity (Wildman–Crippen MR) is 164 cm³/mol. The number of rotatable bonds is 13. The fraction of sp³-hybridized carbons (Fsp3) is 0.212. The Bertz CT molecular complexity index is 1520. The van der Waals surface area contributed by atoms with Crippen molar-refractivity contribution in [3.05, 3.63) is 109 Å². The summed E-state index contributed by atoms with van der Waals surface area (Å²) in [6.07, 6.45) is 2.10. The molecule has 218 valence electrons. The van der Waals surface area contributed by atoms with Gasteiger partial charge in [-0.2, -0.15) is 0 Å². The number of benzene rings is 4. The molecule has 5 N–H and O–H groups in total. The number of hydrogen-bond acceptors (Lipinski definition) is 7. The first kappa shape index (κ1) is 30.1. The van der Waals surface area contributed by atoms with Crippen molar-refractivity contribution in [1.29, 1.82) is 0 Å². The maximum atomic E-state index is 13.2. The lowest BCUT2D eigenvalue weighted by Crippen LogP contribution is -2.28. The summed E-state index contributed by atoms with van der Waals surface area (Å²) in [6.45, 7) is 0.000802. The second kappa shape index (κ2) is 15.2. The number of nitrogens with one attached hydrogen (secondary N) is 2. The van der Waals surface area contributed by atoms with E-state index in [0.29, 0.717) is 41.2 Å². The molecule has 42 heavy (non-hydrogen) atoms. The topological polar surface area (TPSA) is 132 Å². The lowest BCUT2D eigenvalue weighted by Gasteiger charge is -2.27. The molecule has 0 unspecified atom stereocenters. The van der Waals surface area contributed by atoms with E-state index in [1.807, 2.05) is 48.5 Å². The number of hydrogen-bond donors (Lipinski definition) is 4. The largest absolute Gasteiger partial charge is 0.491 e. The van der Waals surface area contributed by atoms with Crippen LogP contribution < -0.4 is 21.1 Å². The number of nitrogen functional groups attached to an aromatic ring is 1. The highest BCUT2D eigenvalue weighted by atomic mass is 16.6. The molecule has 0 spiro atoms. The standard InChI is InChI=1S/C33H35N3O6/c1-40-30(18-6-7-19-31(38)35-29-16-5-4-15-27(29)34)32(24-12-8-13-25(22-24)41-21-20-37)42-33(39)36-28-17-9-11-23-10-2-3-14-26(23)28/h2-5,7-17,19,22,30,32,37H,6,18,20-21,34H2,1H3,(H,35,38)(H,36,39)/b19-7+/t30-,32-/m1/s1. The third-order valence-corrected chi connectivity index (χ3v) is 6.55. The van der Waals surface area contributed by atoms with Gasteiger partial charge in [0.15, 0.2) is 6.10 Å². The molecule has 0 bridgehead atoms. The average Bonchev–Trinajstić information content (AvgIpc) is 3.00. The first-order valence-corrected chi connectivity index (χ1v) is 13.6. The molecule has 0 aromatic heterocycles. The minimum Gasteiger partial charge on any atom is -0.491 e. The van der Waals surface area contributed by atoms with Gasteiger partial charge in [-0.3, -0.25) is 10.1 Å². The third-order valence-electron chi connectivity index (χ3n) is 6.55. The van der Waals surface area contributed by atoms with Crippen LogP contribution in [-0.2, 0) is 14.3 Å². The van der Waals surface area contributed by atoms with Crippen molar-refractivity contribution in [1.82, 2.24) is 0 Å². The summed E-state index contributed by atoms with van der Waals surface area (Å²) >= 11 is 0. The number of methoxy groups -OCH3 is 1. The zero-order valence-corrected chi connectivity index (χ0v) is 23.4. The Kier molecular flexibility index (Phi) is 10.9. The first-order chi connectivity index (χ1) is 20.5. The molecule has 4 aromatic carbocycles. The molecule has 0 saturated heterocycles. The van der Waals surface area contributed by atoms with Gasteiger partial charge in [0.05, 0.1) is 29.8 Å². The monoisotopic (exact) mass is 569 g/mol. The van der Waals surface area contributed by atoms with Gasteiger partial charge in [0.25, 0.3) is 0 Å². The van der Waals surface area contributed by atoms with Crippen molar-refractivity contribution >= 4 is 39.8 Å². The summed E-state index contributed by atoms with van der Waals surface area (Å²) in [5.74, 6) is 0.217. The SMILES string of the molecule is CO[C@H](CC/C=C/C(=O)Nc1ccccc1N)[C@H](OC(=O)Nc1cccc2ccccc12)c1cccc(OCCO)c1. The lowest BCUT2D eigenvalue weighted by atomic mass is 10.00. The second-order valence-electron chi connectivity index (χ2n) is 9.45. The zero-order chi connectivity index (χ0) is 29.7. The van der Waals surface area contributed by atoms with Gasteiger partial charge in [-0.25, -0.2) is 4.79 Å².